The largest absolute Gasteiger partial charge is 0.481 e. The van der Waals surface area contributed by atoms with Crippen LogP contribution in [0.15, 0.2) is 36.5 Å². The Balaban J connectivity index is 2.29. The van der Waals surface area contributed by atoms with Crippen molar-refractivity contribution in [1.82, 2.24) is 14.9 Å². The molecule has 0 aliphatic rings. The SMILES string of the molecule is Cc1ncc(C(=O)N(Cc2ccccc2)CC(C)C(=O)O)c(C)n1. The molecule has 1 aromatic heterocycles. The molecule has 0 spiro atoms. The van der Waals surface area contributed by atoms with Gasteiger partial charge in [-0.15, -0.1) is 0 Å². The Bertz CT molecular complexity index is 732. The van der Waals surface area contributed by atoms with Crippen molar-refractivity contribution in [2.45, 2.75) is 27.3 Å². The van der Waals surface area contributed by atoms with Crippen molar-refractivity contribution in [2.24, 2.45) is 5.92 Å². The Kier molecular flexibility index (Phi) is 5.63. The summed E-state index contributed by atoms with van der Waals surface area (Å²) >= 11 is 0. The van der Waals surface area contributed by atoms with Crippen molar-refractivity contribution in [3.63, 3.8) is 0 Å². The van der Waals surface area contributed by atoms with Crippen LogP contribution in [0.1, 0.15) is 34.4 Å². The van der Waals surface area contributed by atoms with Gasteiger partial charge in [0, 0.05) is 19.3 Å². The summed E-state index contributed by atoms with van der Waals surface area (Å²) in [6.45, 7) is 5.56. The normalized spacial score (nSPS) is 11.8. The lowest BCUT2D eigenvalue weighted by atomic mass is 10.1. The predicted molar refractivity (Wildman–Crippen MR) is 89.5 cm³/mol. The minimum atomic E-state index is -0.933. The van der Waals surface area contributed by atoms with Crippen LogP contribution in [-0.2, 0) is 11.3 Å². The summed E-state index contributed by atoms with van der Waals surface area (Å²) in [5, 5.41) is 9.18. The average molecular weight is 327 g/mol. The van der Waals surface area contributed by atoms with Gasteiger partial charge in [0.25, 0.3) is 5.91 Å². The van der Waals surface area contributed by atoms with Gasteiger partial charge in [0.05, 0.1) is 17.2 Å². The van der Waals surface area contributed by atoms with Crippen LogP contribution in [-0.4, -0.2) is 38.4 Å². The summed E-state index contributed by atoms with van der Waals surface area (Å²) in [6.07, 6.45) is 1.50. The molecule has 6 heteroatoms. The third-order valence-corrected chi connectivity index (χ3v) is 3.75. The standard InChI is InChI=1S/C18H21N3O3/c1-12(18(23)24)10-21(11-15-7-5-4-6-8-15)17(22)16-9-19-14(3)20-13(16)2/h4-9,12H,10-11H2,1-3H3,(H,23,24). The van der Waals surface area contributed by atoms with E-state index in [2.05, 4.69) is 9.97 Å². The maximum absolute atomic E-state index is 12.9. The second kappa shape index (κ2) is 7.68. The van der Waals surface area contributed by atoms with Crippen molar-refractivity contribution < 1.29 is 14.7 Å². The Labute approximate surface area is 141 Å². The molecule has 0 radical (unpaired) electrons. The summed E-state index contributed by atoms with van der Waals surface area (Å²) < 4.78 is 0. The van der Waals surface area contributed by atoms with Gasteiger partial charge in [-0.25, -0.2) is 9.97 Å². The lowest BCUT2D eigenvalue weighted by Gasteiger charge is -2.25. The molecule has 1 atom stereocenters. The molecule has 1 N–H and O–H groups in total. The zero-order valence-electron chi connectivity index (χ0n) is 14.1. The zero-order chi connectivity index (χ0) is 17.7. The average Bonchev–Trinajstić information content (AvgIpc) is 2.54. The van der Waals surface area contributed by atoms with E-state index in [1.54, 1.807) is 20.8 Å². The highest BCUT2D eigenvalue weighted by atomic mass is 16.4. The van der Waals surface area contributed by atoms with E-state index in [4.69, 9.17) is 0 Å². The van der Waals surface area contributed by atoms with Gasteiger partial charge < -0.3 is 10.0 Å². The van der Waals surface area contributed by atoms with E-state index in [1.807, 2.05) is 30.3 Å². The molecule has 0 saturated heterocycles. The molecule has 0 aliphatic carbocycles. The van der Waals surface area contributed by atoms with Crippen LogP contribution in [0.4, 0.5) is 0 Å². The van der Waals surface area contributed by atoms with Crippen LogP contribution in [0.5, 0.6) is 0 Å². The predicted octanol–water partition coefficient (Wildman–Crippen LogP) is 2.46. The molecule has 2 rings (SSSR count). The summed E-state index contributed by atoms with van der Waals surface area (Å²) in [5.41, 5.74) is 1.93. The molecule has 1 heterocycles. The third kappa shape index (κ3) is 4.38. The first-order valence-corrected chi connectivity index (χ1v) is 7.74. The number of hydrogen-bond donors (Lipinski definition) is 1. The Hall–Kier alpha value is -2.76. The fourth-order valence-electron chi connectivity index (χ4n) is 2.40. The number of aryl methyl sites for hydroxylation is 2. The van der Waals surface area contributed by atoms with Gasteiger partial charge in [0.2, 0.25) is 0 Å². The second-order valence-electron chi connectivity index (χ2n) is 5.83. The fourth-order valence-corrected chi connectivity index (χ4v) is 2.40. The third-order valence-electron chi connectivity index (χ3n) is 3.75. The van der Waals surface area contributed by atoms with Crippen molar-refractivity contribution in [3.05, 3.63) is 59.2 Å². The van der Waals surface area contributed by atoms with Gasteiger partial charge in [-0.3, -0.25) is 9.59 Å². The molecule has 0 fully saturated rings. The van der Waals surface area contributed by atoms with Crippen LogP contribution < -0.4 is 0 Å². The smallest absolute Gasteiger partial charge is 0.308 e. The Morgan fingerprint density at radius 2 is 1.88 bits per heavy atom. The highest BCUT2D eigenvalue weighted by Gasteiger charge is 2.23. The maximum atomic E-state index is 12.9. The highest BCUT2D eigenvalue weighted by molar-refractivity contribution is 5.95. The lowest BCUT2D eigenvalue weighted by Crippen LogP contribution is -2.37. The van der Waals surface area contributed by atoms with Gasteiger partial charge in [-0.2, -0.15) is 0 Å². The molecule has 24 heavy (non-hydrogen) atoms. The number of amides is 1. The van der Waals surface area contributed by atoms with E-state index in [9.17, 15) is 14.7 Å². The van der Waals surface area contributed by atoms with Gasteiger partial charge >= 0.3 is 5.97 Å². The Morgan fingerprint density at radius 1 is 1.21 bits per heavy atom. The number of carboxylic acids is 1. The molecule has 6 nitrogen and oxygen atoms in total. The molecule has 0 aliphatic heterocycles. The van der Waals surface area contributed by atoms with Gasteiger partial charge in [0.1, 0.15) is 5.82 Å². The summed E-state index contributed by atoms with van der Waals surface area (Å²) in [5.74, 6) is -1.26. The number of aromatic nitrogens is 2. The molecule has 0 bridgehead atoms. The maximum Gasteiger partial charge on any atom is 0.308 e. The number of carbonyl (C=O) groups is 2. The van der Waals surface area contributed by atoms with Crippen molar-refractivity contribution in [3.8, 4) is 0 Å². The topological polar surface area (TPSA) is 83.4 Å². The molecule has 126 valence electrons. The minimum absolute atomic E-state index is 0.121. The zero-order valence-corrected chi connectivity index (χ0v) is 14.1. The molecule has 1 unspecified atom stereocenters. The van der Waals surface area contributed by atoms with Gasteiger partial charge in [-0.05, 0) is 19.4 Å². The van der Waals surface area contributed by atoms with Crippen molar-refractivity contribution >= 4 is 11.9 Å². The first-order valence-electron chi connectivity index (χ1n) is 7.74. The lowest BCUT2D eigenvalue weighted by molar-refractivity contribution is -0.141. The number of nitrogens with zero attached hydrogens (tertiary/aromatic N) is 3. The first kappa shape index (κ1) is 17.6. The summed E-state index contributed by atoms with van der Waals surface area (Å²) in [7, 11) is 0. The van der Waals surface area contributed by atoms with Crippen LogP contribution in [0.2, 0.25) is 0 Å². The van der Waals surface area contributed by atoms with Gasteiger partial charge in [0.15, 0.2) is 0 Å². The number of hydrogen-bond acceptors (Lipinski definition) is 4. The molecule has 2 aromatic rings. The second-order valence-corrected chi connectivity index (χ2v) is 5.83. The molecule has 0 saturated carbocycles. The first-order chi connectivity index (χ1) is 11.4. The van der Waals surface area contributed by atoms with E-state index in [0.717, 1.165) is 5.56 Å². The summed E-state index contributed by atoms with van der Waals surface area (Å²) in [4.78, 5) is 33.9. The fraction of sp³-hybridized carbons (Fsp3) is 0.333. The highest BCUT2D eigenvalue weighted by Crippen LogP contribution is 2.14. The van der Waals surface area contributed by atoms with Crippen LogP contribution in [0, 0.1) is 19.8 Å². The number of rotatable bonds is 6. The van der Waals surface area contributed by atoms with E-state index in [1.165, 1.54) is 11.1 Å². The number of carbonyl (C=O) groups excluding carboxylic acids is 1. The molecular formula is C18H21N3O3. The number of aliphatic carboxylic acids is 1. The number of carboxylic acid groups (broad SMARTS) is 1. The molecule has 1 amide bonds. The van der Waals surface area contributed by atoms with Crippen molar-refractivity contribution in [1.29, 1.82) is 0 Å². The van der Waals surface area contributed by atoms with Crippen LogP contribution in [0.25, 0.3) is 0 Å². The molecular weight excluding hydrogens is 306 g/mol. The van der Waals surface area contributed by atoms with E-state index in [0.29, 0.717) is 23.6 Å². The summed E-state index contributed by atoms with van der Waals surface area (Å²) in [6, 6.07) is 9.49. The van der Waals surface area contributed by atoms with Gasteiger partial charge in [-0.1, -0.05) is 37.3 Å². The van der Waals surface area contributed by atoms with Crippen LogP contribution >= 0.6 is 0 Å². The van der Waals surface area contributed by atoms with E-state index >= 15 is 0 Å². The van der Waals surface area contributed by atoms with Crippen LogP contribution in [0.3, 0.4) is 0 Å². The quantitative estimate of drug-likeness (QED) is 0.881. The van der Waals surface area contributed by atoms with Crippen molar-refractivity contribution in [2.75, 3.05) is 6.54 Å². The van der Waals surface area contributed by atoms with E-state index in [-0.39, 0.29) is 12.5 Å². The molecule has 1 aromatic carbocycles. The monoisotopic (exact) mass is 327 g/mol. The Morgan fingerprint density at radius 3 is 2.46 bits per heavy atom. The minimum Gasteiger partial charge on any atom is -0.481 e. The number of benzene rings is 1. The van der Waals surface area contributed by atoms with E-state index < -0.39 is 11.9 Å².